The second kappa shape index (κ2) is 7.17. The quantitative estimate of drug-likeness (QED) is 0.885. The number of aliphatic hydroxyl groups excluding tert-OH is 1. The highest BCUT2D eigenvalue weighted by Crippen LogP contribution is 2.30. The van der Waals surface area contributed by atoms with Gasteiger partial charge in [-0.3, -0.25) is 0 Å². The van der Waals surface area contributed by atoms with E-state index in [0.717, 1.165) is 28.6 Å². The third-order valence-corrected chi connectivity index (χ3v) is 5.69. The number of aliphatic hydroxyl groups is 1. The zero-order valence-corrected chi connectivity index (χ0v) is 13.9. The Morgan fingerprint density at radius 3 is 3.09 bits per heavy atom. The van der Waals surface area contributed by atoms with E-state index in [1.165, 1.54) is 11.3 Å². The third-order valence-electron chi connectivity index (χ3n) is 4.46. The normalized spacial score (nSPS) is 28.8. The summed E-state index contributed by atoms with van der Waals surface area (Å²) in [6.07, 6.45) is 2.20. The average molecular weight is 345 g/mol. The van der Waals surface area contributed by atoms with Crippen LogP contribution in [0.15, 0.2) is 12.1 Å². The molecular formula is C15H21ClN2O3S. The van der Waals surface area contributed by atoms with Gasteiger partial charge in [-0.05, 0) is 31.4 Å². The number of rotatable bonds is 3. The Hall–Kier alpha value is -0.820. The van der Waals surface area contributed by atoms with Gasteiger partial charge in [-0.1, -0.05) is 11.6 Å². The number of nitrogens with zero attached hydrogens (tertiary/aromatic N) is 1. The second-order valence-electron chi connectivity index (χ2n) is 5.86. The van der Waals surface area contributed by atoms with Gasteiger partial charge in [-0.2, -0.15) is 0 Å². The molecule has 0 unspecified atom stereocenters. The Balaban J connectivity index is 1.58. The van der Waals surface area contributed by atoms with Crippen LogP contribution in [0.4, 0.5) is 4.79 Å². The van der Waals surface area contributed by atoms with Crippen molar-refractivity contribution in [1.82, 2.24) is 10.2 Å². The fraction of sp³-hybridized carbons (Fsp3) is 0.667. The predicted octanol–water partition coefficient (Wildman–Crippen LogP) is 2.47. The minimum Gasteiger partial charge on any atom is -0.393 e. The highest BCUT2D eigenvalue weighted by molar-refractivity contribution is 7.16. The Morgan fingerprint density at radius 1 is 1.50 bits per heavy atom. The zero-order chi connectivity index (χ0) is 15.5. The van der Waals surface area contributed by atoms with E-state index in [0.29, 0.717) is 26.2 Å². The van der Waals surface area contributed by atoms with Crippen LogP contribution in [-0.2, 0) is 11.3 Å². The number of carbonyl (C=O) groups excluding carboxylic acids is 1. The monoisotopic (exact) mass is 344 g/mol. The van der Waals surface area contributed by atoms with Crippen molar-refractivity contribution in [2.24, 2.45) is 5.92 Å². The second-order valence-corrected chi connectivity index (χ2v) is 7.66. The number of urea groups is 1. The number of halogens is 1. The van der Waals surface area contributed by atoms with E-state index in [1.54, 1.807) is 0 Å². The Morgan fingerprint density at radius 2 is 2.36 bits per heavy atom. The van der Waals surface area contributed by atoms with Crippen molar-refractivity contribution < 1.29 is 14.6 Å². The minimum atomic E-state index is -0.372. The van der Waals surface area contributed by atoms with Crippen molar-refractivity contribution in [3.63, 3.8) is 0 Å². The lowest BCUT2D eigenvalue weighted by Gasteiger charge is -2.36. The first-order chi connectivity index (χ1) is 10.6. The summed E-state index contributed by atoms with van der Waals surface area (Å²) in [7, 11) is 0. The number of likely N-dealkylation sites (tertiary alicyclic amines) is 1. The zero-order valence-electron chi connectivity index (χ0n) is 12.3. The third kappa shape index (κ3) is 3.56. The molecule has 0 bridgehead atoms. The van der Waals surface area contributed by atoms with Crippen LogP contribution >= 0.6 is 22.9 Å². The summed E-state index contributed by atoms with van der Waals surface area (Å²) < 4.78 is 6.22. The maximum atomic E-state index is 12.4. The van der Waals surface area contributed by atoms with Crippen molar-refractivity contribution in [1.29, 1.82) is 0 Å². The molecule has 1 aromatic rings. The molecule has 3 rings (SSSR count). The molecule has 2 saturated heterocycles. The van der Waals surface area contributed by atoms with E-state index in [9.17, 15) is 9.90 Å². The maximum absolute atomic E-state index is 12.4. The van der Waals surface area contributed by atoms with E-state index in [-0.39, 0.29) is 24.1 Å². The van der Waals surface area contributed by atoms with Crippen molar-refractivity contribution in [3.8, 4) is 0 Å². The van der Waals surface area contributed by atoms with Crippen LogP contribution in [-0.4, -0.2) is 47.9 Å². The van der Waals surface area contributed by atoms with Crippen molar-refractivity contribution in [3.05, 3.63) is 21.3 Å². The van der Waals surface area contributed by atoms with E-state index in [4.69, 9.17) is 16.3 Å². The number of carbonyl (C=O) groups is 1. The largest absolute Gasteiger partial charge is 0.393 e. The molecule has 22 heavy (non-hydrogen) atoms. The molecule has 3 heterocycles. The topological polar surface area (TPSA) is 61.8 Å². The summed E-state index contributed by atoms with van der Waals surface area (Å²) >= 11 is 7.37. The van der Waals surface area contributed by atoms with Gasteiger partial charge in [0.05, 0.1) is 23.6 Å². The standard InChI is InChI=1S/C15H21ClN2O3S/c16-14-4-3-10(22-14)8-17-15(20)18-6-1-2-12(18)11-9-21-7-5-13(11)19/h3-4,11-13,19H,1-2,5-9H2,(H,17,20)/t11-,12+,13+/m0/s1. The summed E-state index contributed by atoms with van der Waals surface area (Å²) in [6.45, 7) is 2.37. The fourth-order valence-electron chi connectivity index (χ4n) is 3.32. The van der Waals surface area contributed by atoms with Crippen molar-refractivity contribution in [2.45, 2.75) is 38.0 Å². The van der Waals surface area contributed by atoms with E-state index < -0.39 is 0 Å². The predicted molar refractivity (Wildman–Crippen MR) is 86.2 cm³/mol. The first-order valence-corrected chi connectivity index (χ1v) is 8.89. The average Bonchev–Trinajstić information content (AvgIpc) is 3.14. The molecule has 0 aliphatic carbocycles. The molecule has 0 aromatic carbocycles. The number of amides is 2. The summed E-state index contributed by atoms with van der Waals surface area (Å²) in [5.41, 5.74) is 0. The number of nitrogens with one attached hydrogen (secondary N) is 1. The van der Waals surface area contributed by atoms with Gasteiger partial charge in [0.1, 0.15) is 0 Å². The molecule has 0 spiro atoms. The lowest BCUT2D eigenvalue weighted by molar-refractivity contribution is -0.0576. The van der Waals surface area contributed by atoms with Gasteiger partial charge in [-0.15, -0.1) is 11.3 Å². The number of thiophene rings is 1. The molecule has 3 atom stereocenters. The highest BCUT2D eigenvalue weighted by Gasteiger charge is 2.39. The number of ether oxygens (including phenoxy) is 1. The summed E-state index contributed by atoms with van der Waals surface area (Å²) in [4.78, 5) is 15.3. The fourth-order valence-corrected chi connectivity index (χ4v) is 4.34. The molecule has 2 aliphatic heterocycles. The molecule has 2 aliphatic rings. The molecule has 122 valence electrons. The van der Waals surface area contributed by atoms with Crippen LogP contribution < -0.4 is 5.32 Å². The van der Waals surface area contributed by atoms with Crippen LogP contribution in [0.1, 0.15) is 24.1 Å². The van der Waals surface area contributed by atoms with Gasteiger partial charge in [0, 0.05) is 30.0 Å². The lowest BCUT2D eigenvalue weighted by atomic mass is 9.89. The summed E-state index contributed by atoms with van der Waals surface area (Å²) in [5, 5.41) is 13.1. The molecule has 7 heteroatoms. The Kier molecular flexibility index (Phi) is 5.23. The van der Waals surface area contributed by atoms with Crippen LogP contribution in [0.3, 0.4) is 0 Å². The van der Waals surface area contributed by atoms with Crippen LogP contribution in [0.2, 0.25) is 4.34 Å². The summed E-state index contributed by atoms with van der Waals surface area (Å²) in [6, 6.07) is 3.77. The van der Waals surface area contributed by atoms with E-state index in [1.807, 2.05) is 17.0 Å². The molecule has 0 radical (unpaired) electrons. The van der Waals surface area contributed by atoms with Gasteiger partial charge < -0.3 is 20.1 Å². The SMILES string of the molecule is O=C(NCc1ccc(Cl)s1)N1CCC[C@@H]1[C@@H]1COCC[C@H]1O. The molecule has 2 fully saturated rings. The molecule has 1 aromatic heterocycles. The number of hydrogen-bond acceptors (Lipinski definition) is 4. The van der Waals surface area contributed by atoms with Crippen LogP contribution in [0.25, 0.3) is 0 Å². The first kappa shape index (κ1) is 16.1. The van der Waals surface area contributed by atoms with Gasteiger partial charge in [-0.25, -0.2) is 4.79 Å². The maximum Gasteiger partial charge on any atom is 0.317 e. The highest BCUT2D eigenvalue weighted by atomic mass is 35.5. The van der Waals surface area contributed by atoms with Gasteiger partial charge in [0.15, 0.2) is 0 Å². The van der Waals surface area contributed by atoms with E-state index >= 15 is 0 Å². The van der Waals surface area contributed by atoms with Crippen LogP contribution in [0.5, 0.6) is 0 Å². The van der Waals surface area contributed by atoms with Gasteiger partial charge in [0.2, 0.25) is 0 Å². The van der Waals surface area contributed by atoms with Crippen molar-refractivity contribution in [2.75, 3.05) is 19.8 Å². The first-order valence-electron chi connectivity index (χ1n) is 7.69. The molecule has 2 N–H and O–H groups in total. The molecular weight excluding hydrogens is 324 g/mol. The van der Waals surface area contributed by atoms with Gasteiger partial charge in [0.25, 0.3) is 0 Å². The van der Waals surface area contributed by atoms with Gasteiger partial charge >= 0.3 is 6.03 Å². The Bertz CT molecular complexity index is 525. The molecule has 5 nitrogen and oxygen atoms in total. The Labute approximate surface area is 139 Å². The lowest BCUT2D eigenvalue weighted by Crippen LogP contribution is -2.50. The van der Waals surface area contributed by atoms with E-state index in [2.05, 4.69) is 5.32 Å². The smallest absolute Gasteiger partial charge is 0.317 e. The molecule has 2 amide bonds. The van der Waals surface area contributed by atoms with Crippen molar-refractivity contribution >= 4 is 29.0 Å². The molecule has 0 saturated carbocycles. The number of hydrogen-bond donors (Lipinski definition) is 2. The minimum absolute atomic E-state index is 0.0261. The van der Waals surface area contributed by atoms with Crippen LogP contribution in [0, 0.1) is 5.92 Å². The summed E-state index contributed by atoms with van der Waals surface area (Å²) in [5.74, 6) is 0.0261.